The standard InChI is InChI=1S/C11H11F3O2.C4H10/c12-11(13,14)16-10-4-1-7(6-15)5-9(10)8-2-3-8;1-3-4-2/h1,4-5,8,15H,2-3,6H2;3-4H2,1-2H3. The molecule has 0 bridgehead atoms. The van der Waals surface area contributed by atoms with Crippen LogP contribution in [-0.4, -0.2) is 11.5 Å². The molecule has 5 heteroatoms. The predicted octanol–water partition coefficient (Wildman–Crippen LogP) is 4.76. The largest absolute Gasteiger partial charge is 0.573 e. The normalized spacial score (nSPS) is 14.5. The molecule has 0 unspecified atom stereocenters. The average Bonchev–Trinajstić information content (AvgIpc) is 3.22. The van der Waals surface area contributed by atoms with Gasteiger partial charge in [-0.2, -0.15) is 0 Å². The van der Waals surface area contributed by atoms with E-state index in [1.807, 2.05) is 0 Å². The van der Waals surface area contributed by atoms with Gasteiger partial charge in [-0.3, -0.25) is 0 Å². The summed E-state index contributed by atoms with van der Waals surface area (Å²) in [5, 5.41) is 8.92. The van der Waals surface area contributed by atoms with E-state index in [1.165, 1.54) is 25.0 Å². The molecule has 2 nitrogen and oxygen atoms in total. The van der Waals surface area contributed by atoms with Crippen molar-refractivity contribution in [2.24, 2.45) is 0 Å². The summed E-state index contributed by atoms with van der Waals surface area (Å²) in [4.78, 5) is 0. The monoisotopic (exact) mass is 290 g/mol. The molecular weight excluding hydrogens is 269 g/mol. The second-order valence-electron chi connectivity index (χ2n) is 4.85. The van der Waals surface area contributed by atoms with E-state index in [0.29, 0.717) is 11.1 Å². The number of unbranched alkanes of at least 4 members (excludes halogenated alkanes) is 1. The smallest absolute Gasteiger partial charge is 0.405 e. The lowest BCUT2D eigenvalue weighted by atomic mass is 10.1. The van der Waals surface area contributed by atoms with E-state index < -0.39 is 6.36 Å². The van der Waals surface area contributed by atoms with E-state index in [-0.39, 0.29) is 18.3 Å². The quantitative estimate of drug-likeness (QED) is 0.866. The predicted molar refractivity (Wildman–Crippen MR) is 71.6 cm³/mol. The van der Waals surface area contributed by atoms with Gasteiger partial charge in [0, 0.05) is 0 Å². The molecule has 0 radical (unpaired) electrons. The summed E-state index contributed by atoms with van der Waals surface area (Å²) in [5.74, 6) is -0.00366. The van der Waals surface area contributed by atoms with Crippen LogP contribution in [0, 0.1) is 0 Å². The van der Waals surface area contributed by atoms with Gasteiger partial charge in [-0.05, 0) is 42.0 Å². The Balaban J connectivity index is 0.000000444. The summed E-state index contributed by atoms with van der Waals surface area (Å²) in [7, 11) is 0. The van der Waals surface area contributed by atoms with Crippen LogP contribution >= 0.6 is 0 Å². The molecule has 0 spiro atoms. The van der Waals surface area contributed by atoms with Crippen LogP contribution in [-0.2, 0) is 6.61 Å². The Morgan fingerprint density at radius 2 is 1.80 bits per heavy atom. The number of hydrogen-bond donors (Lipinski definition) is 1. The molecule has 1 saturated carbocycles. The Labute approximate surface area is 117 Å². The highest BCUT2D eigenvalue weighted by molar-refractivity contribution is 5.41. The number of halogens is 3. The van der Waals surface area contributed by atoms with Gasteiger partial charge >= 0.3 is 6.36 Å². The van der Waals surface area contributed by atoms with Crippen LogP contribution in [0.15, 0.2) is 18.2 Å². The lowest BCUT2D eigenvalue weighted by molar-refractivity contribution is -0.274. The molecule has 0 aliphatic heterocycles. The van der Waals surface area contributed by atoms with Crippen molar-refractivity contribution in [3.63, 3.8) is 0 Å². The van der Waals surface area contributed by atoms with Gasteiger partial charge in [0.15, 0.2) is 0 Å². The van der Waals surface area contributed by atoms with Crippen LogP contribution in [0.25, 0.3) is 0 Å². The number of rotatable bonds is 4. The minimum Gasteiger partial charge on any atom is -0.405 e. The fourth-order valence-corrected chi connectivity index (χ4v) is 1.63. The number of alkyl halides is 3. The number of hydrogen-bond acceptors (Lipinski definition) is 2. The molecule has 1 aliphatic carbocycles. The van der Waals surface area contributed by atoms with Crippen LogP contribution in [0.4, 0.5) is 13.2 Å². The molecule has 1 aliphatic rings. The minimum atomic E-state index is -4.66. The van der Waals surface area contributed by atoms with E-state index >= 15 is 0 Å². The average molecular weight is 290 g/mol. The fourth-order valence-electron chi connectivity index (χ4n) is 1.63. The maximum absolute atomic E-state index is 12.1. The van der Waals surface area contributed by atoms with Gasteiger partial charge in [0.25, 0.3) is 0 Å². The number of benzene rings is 1. The molecular formula is C15H21F3O2. The molecule has 1 aromatic carbocycles. The van der Waals surface area contributed by atoms with Crippen LogP contribution in [0.5, 0.6) is 5.75 Å². The molecule has 0 heterocycles. The molecule has 1 aromatic rings. The van der Waals surface area contributed by atoms with E-state index in [9.17, 15) is 13.2 Å². The first-order valence-electron chi connectivity index (χ1n) is 6.90. The number of aliphatic hydroxyl groups is 1. The third-order valence-electron chi connectivity index (χ3n) is 3.00. The van der Waals surface area contributed by atoms with Crippen LogP contribution in [0.2, 0.25) is 0 Å². The van der Waals surface area contributed by atoms with Crippen molar-refractivity contribution in [3.05, 3.63) is 29.3 Å². The molecule has 0 amide bonds. The highest BCUT2D eigenvalue weighted by Crippen LogP contribution is 2.45. The molecule has 1 fully saturated rings. The highest BCUT2D eigenvalue weighted by atomic mass is 19.4. The first-order valence-corrected chi connectivity index (χ1v) is 6.90. The zero-order valence-electron chi connectivity index (χ0n) is 11.8. The number of ether oxygens (including phenoxy) is 1. The molecule has 0 atom stereocenters. The maximum atomic E-state index is 12.1. The Hall–Kier alpha value is -1.23. The molecule has 20 heavy (non-hydrogen) atoms. The summed E-state index contributed by atoms with van der Waals surface area (Å²) in [5.41, 5.74) is 1.15. The van der Waals surface area contributed by atoms with Gasteiger partial charge in [0.2, 0.25) is 0 Å². The fraction of sp³-hybridized carbons (Fsp3) is 0.600. The van der Waals surface area contributed by atoms with Crippen molar-refractivity contribution < 1.29 is 23.0 Å². The van der Waals surface area contributed by atoms with Gasteiger partial charge in [0.05, 0.1) is 6.61 Å². The summed E-state index contributed by atoms with van der Waals surface area (Å²) in [6, 6.07) is 4.29. The van der Waals surface area contributed by atoms with Crippen molar-refractivity contribution in [1.82, 2.24) is 0 Å². The van der Waals surface area contributed by atoms with Gasteiger partial charge in [-0.15, -0.1) is 13.2 Å². The lowest BCUT2D eigenvalue weighted by Crippen LogP contribution is -2.18. The minimum absolute atomic E-state index is 0.142. The first kappa shape index (κ1) is 16.8. The van der Waals surface area contributed by atoms with Crippen LogP contribution in [0.3, 0.4) is 0 Å². The second-order valence-corrected chi connectivity index (χ2v) is 4.85. The summed E-state index contributed by atoms with van der Waals surface area (Å²) >= 11 is 0. The zero-order valence-corrected chi connectivity index (χ0v) is 11.8. The summed E-state index contributed by atoms with van der Waals surface area (Å²) in [6.07, 6.45) is -0.267. The number of aliphatic hydroxyl groups excluding tert-OH is 1. The lowest BCUT2D eigenvalue weighted by Gasteiger charge is -2.13. The molecule has 1 N–H and O–H groups in total. The highest BCUT2D eigenvalue weighted by Gasteiger charge is 2.35. The van der Waals surface area contributed by atoms with E-state index in [4.69, 9.17) is 5.11 Å². The molecule has 2 rings (SSSR count). The SMILES string of the molecule is CCCC.OCc1ccc(OC(F)(F)F)c(C2CC2)c1. The third kappa shape index (κ3) is 5.82. The Kier molecular flexibility index (Phi) is 6.33. The van der Waals surface area contributed by atoms with Gasteiger partial charge in [0.1, 0.15) is 5.75 Å². The van der Waals surface area contributed by atoms with Crippen LogP contribution in [0.1, 0.15) is 56.6 Å². The third-order valence-corrected chi connectivity index (χ3v) is 3.00. The Morgan fingerprint density at radius 1 is 1.20 bits per heavy atom. The van der Waals surface area contributed by atoms with Crippen molar-refractivity contribution in [1.29, 1.82) is 0 Å². The van der Waals surface area contributed by atoms with E-state index in [1.54, 1.807) is 6.07 Å². The topological polar surface area (TPSA) is 29.5 Å². The van der Waals surface area contributed by atoms with Crippen molar-refractivity contribution in [2.45, 2.75) is 58.4 Å². The molecule has 0 saturated heterocycles. The molecule has 0 aromatic heterocycles. The van der Waals surface area contributed by atoms with Gasteiger partial charge < -0.3 is 9.84 Å². The van der Waals surface area contributed by atoms with Crippen molar-refractivity contribution >= 4 is 0 Å². The zero-order chi connectivity index (χ0) is 15.2. The van der Waals surface area contributed by atoms with Crippen molar-refractivity contribution in [2.75, 3.05) is 0 Å². The molecule has 114 valence electrons. The van der Waals surface area contributed by atoms with E-state index in [0.717, 1.165) is 12.8 Å². The van der Waals surface area contributed by atoms with Crippen molar-refractivity contribution in [3.8, 4) is 5.75 Å². The maximum Gasteiger partial charge on any atom is 0.573 e. The Morgan fingerprint density at radius 3 is 2.20 bits per heavy atom. The second kappa shape index (κ2) is 7.53. The first-order chi connectivity index (χ1) is 9.41. The summed E-state index contributed by atoms with van der Waals surface area (Å²) < 4.78 is 40.3. The Bertz CT molecular complexity index is 410. The van der Waals surface area contributed by atoms with Crippen LogP contribution < -0.4 is 4.74 Å². The summed E-state index contributed by atoms with van der Waals surface area (Å²) in [6.45, 7) is 4.19. The van der Waals surface area contributed by atoms with E-state index in [2.05, 4.69) is 18.6 Å². The van der Waals surface area contributed by atoms with Gasteiger partial charge in [-0.1, -0.05) is 32.8 Å². The van der Waals surface area contributed by atoms with Gasteiger partial charge in [-0.25, -0.2) is 0 Å².